The molecule has 1 heteroatoms. The Labute approximate surface area is 151 Å². The van der Waals surface area contributed by atoms with Gasteiger partial charge in [0.1, 0.15) is 0 Å². The van der Waals surface area contributed by atoms with Gasteiger partial charge in [0.25, 0.3) is 0 Å². The van der Waals surface area contributed by atoms with Gasteiger partial charge in [-0.25, -0.2) is 0 Å². The van der Waals surface area contributed by atoms with Crippen LogP contribution in [0.25, 0.3) is 0 Å². The molecule has 3 aromatic carbocycles. The molecule has 3 aromatic rings. The molecule has 0 aliphatic heterocycles. The van der Waals surface area contributed by atoms with Crippen molar-refractivity contribution in [2.24, 2.45) is 0 Å². The summed E-state index contributed by atoms with van der Waals surface area (Å²) in [5, 5.41) is 0. The third kappa shape index (κ3) is 4.80. The molecule has 0 unspecified atom stereocenters. The van der Waals surface area contributed by atoms with E-state index in [1.165, 1.54) is 9.07 Å². The molecule has 24 heavy (non-hydrogen) atoms. The van der Waals surface area contributed by atoms with E-state index in [1.54, 1.807) is 0 Å². The Kier molecular flexibility index (Phi) is 5.79. The third-order valence-corrected chi connectivity index (χ3v) is 7.70. The van der Waals surface area contributed by atoms with E-state index >= 15 is 0 Å². The predicted molar refractivity (Wildman–Crippen MR) is 103 cm³/mol. The Balaban J connectivity index is 1.94. The summed E-state index contributed by atoms with van der Waals surface area (Å²) in [6.45, 7) is 2.11. The fourth-order valence-corrected chi connectivity index (χ4v) is 5.68. The molecule has 0 bridgehead atoms. The Morgan fingerprint density at radius 2 is 1.04 bits per heavy atom. The average molecular weight is 415 g/mol. The molecule has 0 saturated carbocycles. The summed E-state index contributed by atoms with van der Waals surface area (Å²) in [6.07, 6.45) is 0. The van der Waals surface area contributed by atoms with Crippen LogP contribution in [0.3, 0.4) is 0 Å². The predicted octanol–water partition coefficient (Wildman–Crippen LogP) is 3.88. The first-order valence-electron chi connectivity index (χ1n) is 7.81. The zero-order chi connectivity index (χ0) is 16.6. The van der Waals surface area contributed by atoms with Crippen LogP contribution in [0.15, 0.2) is 84.9 Å². The van der Waals surface area contributed by atoms with Crippen molar-refractivity contribution in [1.29, 1.82) is 0 Å². The summed E-state index contributed by atoms with van der Waals surface area (Å²) in [6, 6.07) is 29.0. The van der Waals surface area contributed by atoms with Crippen molar-refractivity contribution in [2.45, 2.75) is 6.92 Å². The van der Waals surface area contributed by atoms with Crippen LogP contribution in [0.1, 0.15) is 16.7 Å². The molecule has 114 valence electrons. The molecule has 3 rings (SSSR count). The molecule has 0 aliphatic carbocycles. The van der Waals surface area contributed by atoms with Crippen molar-refractivity contribution in [3.63, 3.8) is 0 Å². The second-order valence-corrected chi connectivity index (χ2v) is 10.0. The standard InChI is InChI=1S/2C8H5.C7H7.Sb/c2*1-2-8-6-4-3-5-7-8;1-7-5-3-2-4-6-7;/h2*3-7H;3-6H,1H3;. The molecule has 0 atom stereocenters. The van der Waals surface area contributed by atoms with Crippen molar-refractivity contribution in [3.8, 4) is 19.6 Å². The Morgan fingerprint density at radius 1 is 0.583 bits per heavy atom. The van der Waals surface area contributed by atoms with Crippen LogP contribution in [-0.2, 0) is 0 Å². The van der Waals surface area contributed by atoms with E-state index in [-0.39, 0.29) is 0 Å². The van der Waals surface area contributed by atoms with Gasteiger partial charge in [-0.05, 0) is 0 Å². The fraction of sp³-hybridized carbons (Fsp3) is 0.0435. The summed E-state index contributed by atoms with van der Waals surface area (Å²) in [4.78, 5) is 0. The fourth-order valence-electron chi connectivity index (χ4n) is 2.13. The summed E-state index contributed by atoms with van der Waals surface area (Å²) in [5.74, 6) is 6.65. The SMILES string of the molecule is Cc1cc[c]([Sb]([C]#Cc2ccccc2)[C]#Cc2ccccc2)cc1. The molecule has 0 nitrogen and oxygen atoms in total. The van der Waals surface area contributed by atoms with Crippen LogP contribution < -0.4 is 3.51 Å². The van der Waals surface area contributed by atoms with Gasteiger partial charge >= 0.3 is 152 Å². The molecular weight excluding hydrogens is 398 g/mol. The Bertz CT molecular complexity index is 845. The van der Waals surface area contributed by atoms with E-state index in [9.17, 15) is 0 Å². The van der Waals surface area contributed by atoms with Gasteiger partial charge in [-0.15, -0.1) is 0 Å². The van der Waals surface area contributed by atoms with E-state index in [1.807, 2.05) is 60.7 Å². The summed E-state index contributed by atoms with van der Waals surface area (Å²) >= 11 is -2.18. The van der Waals surface area contributed by atoms with Crippen LogP contribution in [0.2, 0.25) is 0 Å². The molecule has 0 saturated heterocycles. The molecule has 0 heterocycles. The summed E-state index contributed by atoms with van der Waals surface area (Å²) < 4.78 is 8.32. The normalized spacial score (nSPS) is 9.58. The van der Waals surface area contributed by atoms with Gasteiger partial charge in [0.2, 0.25) is 0 Å². The first-order chi connectivity index (χ1) is 11.8. The Hall–Kier alpha value is -2.40. The summed E-state index contributed by atoms with van der Waals surface area (Å²) in [7, 11) is 0. The van der Waals surface area contributed by atoms with E-state index in [4.69, 9.17) is 0 Å². The van der Waals surface area contributed by atoms with Crippen LogP contribution in [0.4, 0.5) is 0 Å². The second-order valence-electron chi connectivity index (χ2n) is 5.38. The molecule has 0 aliphatic rings. The minimum absolute atomic E-state index is 1.06. The maximum atomic E-state index is 3.50. The molecule has 0 radical (unpaired) electrons. The molecule has 0 N–H and O–H groups in total. The van der Waals surface area contributed by atoms with Crippen LogP contribution >= 0.6 is 0 Å². The van der Waals surface area contributed by atoms with Crippen LogP contribution in [-0.4, -0.2) is 20.2 Å². The third-order valence-electron chi connectivity index (χ3n) is 3.46. The van der Waals surface area contributed by atoms with Crippen LogP contribution in [0.5, 0.6) is 0 Å². The van der Waals surface area contributed by atoms with Gasteiger partial charge in [0, 0.05) is 0 Å². The second kappa shape index (κ2) is 8.45. The topological polar surface area (TPSA) is 0 Å². The van der Waals surface area contributed by atoms with Gasteiger partial charge in [-0.1, -0.05) is 0 Å². The molecule has 0 amide bonds. The molecule has 0 spiro atoms. The monoisotopic (exact) mass is 414 g/mol. The number of hydrogen-bond donors (Lipinski definition) is 0. The van der Waals surface area contributed by atoms with Crippen molar-refractivity contribution < 1.29 is 0 Å². The zero-order valence-electron chi connectivity index (χ0n) is 13.5. The van der Waals surface area contributed by atoms with Crippen molar-refractivity contribution >= 4 is 23.7 Å². The number of rotatable bonds is 1. The van der Waals surface area contributed by atoms with Gasteiger partial charge in [0.15, 0.2) is 0 Å². The van der Waals surface area contributed by atoms with Gasteiger partial charge in [-0.2, -0.15) is 0 Å². The van der Waals surface area contributed by atoms with Crippen LogP contribution in [0, 0.1) is 26.5 Å². The first kappa shape index (κ1) is 16.5. The van der Waals surface area contributed by atoms with E-state index in [0.29, 0.717) is 0 Å². The minimum atomic E-state index is -2.18. The van der Waals surface area contributed by atoms with Gasteiger partial charge in [0.05, 0.1) is 0 Å². The Morgan fingerprint density at radius 3 is 1.50 bits per heavy atom. The molecule has 0 fully saturated rings. The van der Waals surface area contributed by atoms with Crippen molar-refractivity contribution in [1.82, 2.24) is 0 Å². The van der Waals surface area contributed by atoms with E-state index in [0.717, 1.165) is 11.1 Å². The number of aryl methyl sites for hydroxylation is 1. The maximum absolute atomic E-state index is 3.50. The zero-order valence-corrected chi connectivity index (χ0v) is 16.1. The first-order valence-corrected chi connectivity index (χ1v) is 11.6. The number of hydrogen-bond acceptors (Lipinski definition) is 0. The van der Waals surface area contributed by atoms with Gasteiger partial charge < -0.3 is 0 Å². The van der Waals surface area contributed by atoms with E-state index < -0.39 is 20.2 Å². The molecule has 0 aromatic heterocycles. The van der Waals surface area contributed by atoms with Crippen molar-refractivity contribution in [3.05, 3.63) is 102 Å². The summed E-state index contributed by atoms with van der Waals surface area (Å²) in [5.41, 5.74) is 3.38. The van der Waals surface area contributed by atoms with Crippen molar-refractivity contribution in [2.75, 3.05) is 0 Å². The molecular formula is C23H17Sb. The van der Waals surface area contributed by atoms with Gasteiger partial charge in [-0.3, -0.25) is 0 Å². The average Bonchev–Trinajstić information content (AvgIpc) is 2.64. The quantitative estimate of drug-likeness (QED) is 0.418. The number of benzene rings is 3. The van der Waals surface area contributed by atoms with E-state index in [2.05, 4.69) is 50.8 Å².